The molecule has 0 aliphatic carbocycles. The van der Waals surface area contributed by atoms with Gasteiger partial charge in [0.05, 0.1) is 11.8 Å². The van der Waals surface area contributed by atoms with E-state index in [0.29, 0.717) is 5.56 Å². The highest BCUT2D eigenvalue weighted by atomic mass is 79.9. The van der Waals surface area contributed by atoms with Gasteiger partial charge in [0.15, 0.2) is 5.82 Å². The molecule has 22 heavy (non-hydrogen) atoms. The van der Waals surface area contributed by atoms with E-state index in [1.807, 2.05) is 0 Å². The number of aryl methyl sites for hydroxylation is 1. The standard InChI is InChI=1S/C13H9BrF3N3O2/c1-7-2-8(4-9(3-7)13(15,16)17)11-18-6-20(19-11)5-10(14)12(21)22/h2-6H,1H3,(H,21,22)/b10-5-. The van der Waals surface area contributed by atoms with Crippen LogP contribution in [0.25, 0.3) is 17.6 Å². The van der Waals surface area contributed by atoms with Crippen LogP contribution in [0.2, 0.25) is 0 Å². The Morgan fingerprint density at radius 3 is 2.64 bits per heavy atom. The second-order valence-corrected chi connectivity index (χ2v) is 5.27. The van der Waals surface area contributed by atoms with Crippen LogP contribution in [-0.4, -0.2) is 25.8 Å². The van der Waals surface area contributed by atoms with Gasteiger partial charge in [-0.25, -0.2) is 14.5 Å². The van der Waals surface area contributed by atoms with Gasteiger partial charge in [0.25, 0.3) is 0 Å². The summed E-state index contributed by atoms with van der Waals surface area (Å²) < 4.78 is 39.3. The van der Waals surface area contributed by atoms with Gasteiger partial charge in [0.2, 0.25) is 0 Å². The van der Waals surface area contributed by atoms with E-state index >= 15 is 0 Å². The Morgan fingerprint density at radius 1 is 1.36 bits per heavy atom. The number of hydrogen-bond acceptors (Lipinski definition) is 3. The fraction of sp³-hybridized carbons (Fsp3) is 0.154. The van der Waals surface area contributed by atoms with Crippen molar-refractivity contribution in [3.05, 3.63) is 40.1 Å². The van der Waals surface area contributed by atoms with Gasteiger partial charge in [-0.3, -0.25) is 0 Å². The van der Waals surface area contributed by atoms with Crippen molar-refractivity contribution < 1.29 is 23.1 Å². The van der Waals surface area contributed by atoms with Gasteiger partial charge < -0.3 is 5.11 Å². The van der Waals surface area contributed by atoms with E-state index in [2.05, 4.69) is 26.0 Å². The van der Waals surface area contributed by atoms with Crippen LogP contribution in [0, 0.1) is 6.92 Å². The minimum absolute atomic E-state index is 0.0659. The molecule has 5 nitrogen and oxygen atoms in total. The smallest absolute Gasteiger partial charge is 0.416 e. The van der Waals surface area contributed by atoms with Crippen LogP contribution in [0.1, 0.15) is 11.1 Å². The lowest BCUT2D eigenvalue weighted by Gasteiger charge is -2.09. The topological polar surface area (TPSA) is 68.0 Å². The predicted octanol–water partition coefficient (Wildman–Crippen LogP) is 3.55. The van der Waals surface area contributed by atoms with E-state index < -0.39 is 17.7 Å². The number of carboxylic acid groups (broad SMARTS) is 1. The van der Waals surface area contributed by atoms with Crippen LogP contribution in [0.5, 0.6) is 0 Å². The molecule has 0 bridgehead atoms. The summed E-state index contributed by atoms with van der Waals surface area (Å²) in [4.78, 5) is 14.6. The maximum Gasteiger partial charge on any atom is 0.416 e. The van der Waals surface area contributed by atoms with Crippen LogP contribution in [-0.2, 0) is 11.0 Å². The van der Waals surface area contributed by atoms with Gasteiger partial charge in [0.1, 0.15) is 10.8 Å². The summed E-state index contributed by atoms with van der Waals surface area (Å²) >= 11 is 2.82. The molecule has 0 unspecified atom stereocenters. The lowest BCUT2D eigenvalue weighted by molar-refractivity contribution is -0.137. The van der Waals surface area contributed by atoms with Crippen molar-refractivity contribution >= 4 is 28.1 Å². The van der Waals surface area contributed by atoms with E-state index in [4.69, 9.17) is 5.11 Å². The molecule has 0 atom stereocenters. The van der Waals surface area contributed by atoms with Crippen molar-refractivity contribution in [2.24, 2.45) is 0 Å². The minimum atomic E-state index is -4.46. The Bertz CT molecular complexity index is 753. The summed E-state index contributed by atoms with van der Waals surface area (Å²) in [5.41, 5.74) is -0.171. The van der Waals surface area contributed by atoms with Crippen molar-refractivity contribution in [1.29, 1.82) is 0 Å². The number of carboxylic acids is 1. The summed E-state index contributed by atoms with van der Waals surface area (Å²) in [5.74, 6) is -1.14. The Morgan fingerprint density at radius 2 is 2.05 bits per heavy atom. The molecular formula is C13H9BrF3N3O2. The first-order valence-corrected chi connectivity index (χ1v) is 6.67. The number of carbonyl (C=O) groups is 1. The lowest BCUT2D eigenvalue weighted by Crippen LogP contribution is -2.05. The Kier molecular flexibility index (Phi) is 4.36. The zero-order valence-corrected chi connectivity index (χ0v) is 12.7. The van der Waals surface area contributed by atoms with E-state index in [1.165, 1.54) is 19.3 Å². The van der Waals surface area contributed by atoms with Crippen molar-refractivity contribution in [1.82, 2.24) is 14.8 Å². The molecule has 2 aromatic rings. The number of aliphatic carboxylic acids is 1. The van der Waals surface area contributed by atoms with Crippen LogP contribution in [0.15, 0.2) is 29.0 Å². The molecule has 0 aliphatic heterocycles. The van der Waals surface area contributed by atoms with Gasteiger partial charge in [-0.05, 0) is 46.6 Å². The normalized spacial score (nSPS) is 12.5. The molecule has 1 aromatic heterocycles. The zero-order valence-electron chi connectivity index (χ0n) is 11.1. The number of rotatable bonds is 3. The summed E-state index contributed by atoms with van der Waals surface area (Å²) in [7, 11) is 0. The number of benzene rings is 1. The molecule has 1 aromatic carbocycles. The largest absolute Gasteiger partial charge is 0.477 e. The van der Waals surface area contributed by atoms with Gasteiger partial charge in [-0.2, -0.15) is 13.2 Å². The van der Waals surface area contributed by atoms with Crippen LogP contribution in [0.4, 0.5) is 13.2 Å². The van der Waals surface area contributed by atoms with Gasteiger partial charge in [0, 0.05) is 5.56 Å². The maximum atomic E-state index is 12.8. The van der Waals surface area contributed by atoms with Gasteiger partial charge >= 0.3 is 12.1 Å². The number of hydrogen-bond donors (Lipinski definition) is 1. The van der Waals surface area contributed by atoms with Crippen molar-refractivity contribution in [2.75, 3.05) is 0 Å². The highest BCUT2D eigenvalue weighted by molar-refractivity contribution is 9.12. The summed E-state index contributed by atoms with van der Waals surface area (Å²) in [6.45, 7) is 1.54. The second-order valence-electron chi connectivity index (χ2n) is 4.42. The molecule has 9 heteroatoms. The first-order chi connectivity index (χ1) is 10.2. The lowest BCUT2D eigenvalue weighted by atomic mass is 10.1. The third-order valence-electron chi connectivity index (χ3n) is 2.62. The van der Waals surface area contributed by atoms with Gasteiger partial charge in [-0.15, -0.1) is 5.10 Å². The minimum Gasteiger partial charge on any atom is -0.477 e. The van der Waals surface area contributed by atoms with Crippen molar-refractivity contribution in [3.8, 4) is 11.4 Å². The Hall–Kier alpha value is -2.16. The molecule has 1 heterocycles. The highest BCUT2D eigenvalue weighted by Gasteiger charge is 2.31. The molecule has 2 rings (SSSR count). The SMILES string of the molecule is Cc1cc(-c2ncn(/C=C(\Br)C(=O)O)n2)cc(C(F)(F)F)c1. The van der Waals surface area contributed by atoms with E-state index in [1.54, 1.807) is 0 Å². The fourth-order valence-electron chi connectivity index (χ4n) is 1.72. The molecular weight excluding hydrogens is 367 g/mol. The second kappa shape index (κ2) is 5.91. The first-order valence-electron chi connectivity index (χ1n) is 5.88. The Labute approximate surface area is 131 Å². The number of alkyl halides is 3. The molecule has 116 valence electrons. The molecule has 0 amide bonds. The molecule has 1 N–H and O–H groups in total. The average molecular weight is 376 g/mol. The summed E-state index contributed by atoms with van der Waals surface area (Å²) in [6, 6.07) is 3.49. The maximum absolute atomic E-state index is 12.8. The van der Waals surface area contributed by atoms with E-state index in [0.717, 1.165) is 23.0 Å². The van der Waals surface area contributed by atoms with E-state index in [9.17, 15) is 18.0 Å². The third kappa shape index (κ3) is 3.73. The molecule has 0 radical (unpaired) electrons. The van der Waals surface area contributed by atoms with Crippen molar-refractivity contribution in [3.63, 3.8) is 0 Å². The number of aromatic nitrogens is 3. The first kappa shape index (κ1) is 16.2. The molecule has 0 spiro atoms. The van der Waals surface area contributed by atoms with E-state index in [-0.39, 0.29) is 15.9 Å². The van der Waals surface area contributed by atoms with Gasteiger partial charge in [-0.1, -0.05) is 0 Å². The predicted molar refractivity (Wildman–Crippen MR) is 76.0 cm³/mol. The summed E-state index contributed by atoms with van der Waals surface area (Å²) in [5, 5.41) is 12.7. The zero-order chi connectivity index (χ0) is 16.5. The average Bonchev–Trinajstić information content (AvgIpc) is 2.85. The molecule has 0 saturated carbocycles. The van der Waals surface area contributed by atoms with Crippen molar-refractivity contribution in [2.45, 2.75) is 13.1 Å². The van der Waals surface area contributed by atoms with Crippen LogP contribution < -0.4 is 0 Å². The monoisotopic (exact) mass is 375 g/mol. The molecule has 0 saturated heterocycles. The number of nitrogens with zero attached hydrogens (tertiary/aromatic N) is 3. The summed E-state index contributed by atoms with van der Waals surface area (Å²) in [6.07, 6.45) is -2.12. The highest BCUT2D eigenvalue weighted by Crippen LogP contribution is 2.32. The quantitative estimate of drug-likeness (QED) is 0.833. The molecule has 0 aliphatic rings. The number of halogens is 4. The Balaban J connectivity index is 2.42. The van der Waals surface area contributed by atoms with Crippen LogP contribution in [0.3, 0.4) is 0 Å². The van der Waals surface area contributed by atoms with Crippen LogP contribution >= 0.6 is 15.9 Å². The fourth-order valence-corrected chi connectivity index (χ4v) is 1.93. The molecule has 0 fully saturated rings. The third-order valence-corrected chi connectivity index (χ3v) is 3.17.